The Labute approximate surface area is 150 Å². The van der Waals surface area contributed by atoms with E-state index in [0.29, 0.717) is 6.61 Å². The van der Waals surface area contributed by atoms with Crippen LogP contribution in [0.3, 0.4) is 0 Å². The van der Waals surface area contributed by atoms with E-state index in [-0.39, 0.29) is 12.2 Å². The largest absolute Gasteiger partial charge is 0.491 e. The summed E-state index contributed by atoms with van der Waals surface area (Å²) in [4.78, 5) is 0. The van der Waals surface area contributed by atoms with E-state index in [1.54, 1.807) is 0 Å². The molecule has 1 heterocycles. The molecule has 3 rings (SSSR count). The second-order valence-corrected chi connectivity index (χ2v) is 6.59. The van der Waals surface area contributed by atoms with Crippen molar-refractivity contribution in [2.75, 3.05) is 25.1 Å². The number of aryl methyl sites for hydroxylation is 1. The summed E-state index contributed by atoms with van der Waals surface area (Å²) in [7, 11) is 0. The van der Waals surface area contributed by atoms with Crippen molar-refractivity contribution < 1.29 is 14.2 Å². The SMILES string of the molecule is Cc1ccc(O[C@@H](C)CNc2ccc(OC[C@H]3CCCO3)cc2)cc1. The van der Waals surface area contributed by atoms with E-state index in [1.807, 2.05) is 36.4 Å². The molecule has 0 unspecified atom stereocenters. The Morgan fingerprint density at radius 2 is 1.80 bits per heavy atom. The number of hydrogen-bond donors (Lipinski definition) is 1. The zero-order chi connectivity index (χ0) is 17.5. The fraction of sp³-hybridized carbons (Fsp3) is 0.429. The van der Waals surface area contributed by atoms with Crippen LogP contribution < -0.4 is 14.8 Å². The first-order valence-corrected chi connectivity index (χ1v) is 9.01. The van der Waals surface area contributed by atoms with Gasteiger partial charge in [-0.2, -0.15) is 0 Å². The van der Waals surface area contributed by atoms with Gasteiger partial charge in [0.1, 0.15) is 24.2 Å². The zero-order valence-electron chi connectivity index (χ0n) is 15.0. The molecule has 0 aliphatic carbocycles. The highest BCUT2D eigenvalue weighted by Gasteiger charge is 2.15. The second-order valence-electron chi connectivity index (χ2n) is 6.59. The number of hydrogen-bond acceptors (Lipinski definition) is 4. The van der Waals surface area contributed by atoms with Crippen molar-refractivity contribution in [1.29, 1.82) is 0 Å². The Hall–Kier alpha value is -2.20. The molecular weight excluding hydrogens is 314 g/mol. The number of rotatable bonds is 8. The molecule has 1 aliphatic rings. The van der Waals surface area contributed by atoms with Crippen molar-refractivity contribution in [3.63, 3.8) is 0 Å². The lowest BCUT2D eigenvalue weighted by atomic mass is 10.2. The highest BCUT2D eigenvalue weighted by Crippen LogP contribution is 2.19. The molecule has 4 nitrogen and oxygen atoms in total. The van der Waals surface area contributed by atoms with Gasteiger partial charge in [-0.05, 0) is 63.1 Å². The number of anilines is 1. The molecule has 0 spiro atoms. The first kappa shape index (κ1) is 17.6. The number of benzene rings is 2. The molecule has 134 valence electrons. The van der Waals surface area contributed by atoms with Crippen LogP contribution in [0.2, 0.25) is 0 Å². The molecule has 0 radical (unpaired) electrons. The van der Waals surface area contributed by atoms with Crippen LogP contribution in [-0.4, -0.2) is 32.0 Å². The second kappa shape index (κ2) is 8.77. The monoisotopic (exact) mass is 341 g/mol. The van der Waals surface area contributed by atoms with Crippen LogP contribution >= 0.6 is 0 Å². The predicted molar refractivity (Wildman–Crippen MR) is 101 cm³/mol. The van der Waals surface area contributed by atoms with E-state index in [9.17, 15) is 0 Å². The highest BCUT2D eigenvalue weighted by atomic mass is 16.5. The summed E-state index contributed by atoms with van der Waals surface area (Å²) in [5.74, 6) is 1.78. The minimum absolute atomic E-state index is 0.0816. The minimum atomic E-state index is 0.0816. The molecule has 1 fully saturated rings. The summed E-state index contributed by atoms with van der Waals surface area (Å²) in [6.45, 7) is 6.37. The van der Waals surface area contributed by atoms with Crippen LogP contribution in [-0.2, 0) is 4.74 Å². The van der Waals surface area contributed by atoms with Crippen LogP contribution in [0.4, 0.5) is 5.69 Å². The molecule has 2 atom stereocenters. The van der Waals surface area contributed by atoms with Gasteiger partial charge >= 0.3 is 0 Å². The van der Waals surface area contributed by atoms with Gasteiger partial charge in [0.05, 0.1) is 12.6 Å². The summed E-state index contributed by atoms with van der Waals surface area (Å²) in [5, 5.41) is 3.40. The Kier molecular flexibility index (Phi) is 6.18. The molecule has 4 heteroatoms. The quantitative estimate of drug-likeness (QED) is 0.771. The Morgan fingerprint density at radius 1 is 1.08 bits per heavy atom. The summed E-state index contributed by atoms with van der Waals surface area (Å²) >= 11 is 0. The van der Waals surface area contributed by atoms with Crippen LogP contribution in [0.25, 0.3) is 0 Å². The summed E-state index contributed by atoms with van der Waals surface area (Å²) in [6.07, 6.45) is 2.56. The predicted octanol–water partition coefficient (Wildman–Crippen LogP) is 4.43. The van der Waals surface area contributed by atoms with Crippen molar-refractivity contribution in [2.45, 2.75) is 38.9 Å². The molecule has 1 aliphatic heterocycles. The maximum absolute atomic E-state index is 5.91. The third kappa shape index (κ3) is 5.68. The van der Waals surface area contributed by atoms with Gasteiger partial charge < -0.3 is 19.5 Å². The lowest BCUT2D eigenvalue weighted by Gasteiger charge is -2.17. The Bertz CT molecular complexity index is 633. The zero-order valence-corrected chi connectivity index (χ0v) is 15.0. The molecule has 0 amide bonds. The summed E-state index contributed by atoms with van der Waals surface area (Å²) in [6, 6.07) is 16.2. The molecule has 0 bridgehead atoms. The lowest BCUT2D eigenvalue weighted by molar-refractivity contribution is 0.0679. The van der Waals surface area contributed by atoms with Crippen molar-refractivity contribution in [2.24, 2.45) is 0 Å². The molecule has 0 saturated carbocycles. The van der Waals surface area contributed by atoms with Crippen molar-refractivity contribution >= 4 is 5.69 Å². The molecule has 0 aromatic heterocycles. The van der Waals surface area contributed by atoms with Crippen LogP contribution in [0, 0.1) is 6.92 Å². The van der Waals surface area contributed by atoms with Gasteiger partial charge in [0.2, 0.25) is 0 Å². The average Bonchev–Trinajstić information content (AvgIpc) is 3.15. The van der Waals surface area contributed by atoms with Gasteiger partial charge in [0, 0.05) is 12.3 Å². The van der Waals surface area contributed by atoms with E-state index in [4.69, 9.17) is 14.2 Å². The number of nitrogens with one attached hydrogen (secondary N) is 1. The smallest absolute Gasteiger partial charge is 0.119 e. The van der Waals surface area contributed by atoms with Gasteiger partial charge in [0.15, 0.2) is 0 Å². The average molecular weight is 341 g/mol. The van der Waals surface area contributed by atoms with Gasteiger partial charge in [-0.3, -0.25) is 0 Å². The van der Waals surface area contributed by atoms with Crippen molar-refractivity contribution in [1.82, 2.24) is 0 Å². The molecule has 2 aromatic carbocycles. The molecule has 1 N–H and O–H groups in total. The lowest BCUT2D eigenvalue weighted by Crippen LogP contribution is -2.22. The first-order chi connectivity index (χ1) is 12.2. The first-order valence-electron chi connectivity index (χ1n) is 9.01. The van der Waals surface area contributed by atoms with Crippen molar-refractivity contribution in [3.8, 4) is 11.5 Å². The normalized spacial score (nSPS) is 17.9. The fourth-order valence-corrected chi connectivity index (χ4v) is 2.79. The highest BCUT2D eigenvalue weighted by molar-refractivity contribution is 5.46. The Morgan fingerprint density at radius 3 is 2.48 bits per heavy atom. The van der Waals surface area contributed by atoms with Gasteiger partial charge in [-0.15, -0.1) is 0 Å². The molecular formula is C21H27NO3. The molecule has 1 saturated heterocycles. The molecule has 25 heavy (non-hydrogen) atoms. The van der Waals surface area contributed by atoms with Crippen LogP contribution in [0.15, 0.2) is 48.5 Å². The maximum Gasteiger partial charge on any atom is 0.119 e. The van der Waals surface area contributed by atoms with E-state index < -0.39 is 0 Å². The fourth-order valence-electron chi connectivity index (χ4n) is 2.79. The van der Waals surface area contributed by atoms with Crippen LogP contribution in [0.1, 0.15) is 25.3 Å². The van der Waals surface area contributed by atoms with E-state index in [2.05, 4.69) is 31.3 Å². The van der Waals surface area contributed by atoms with Gasteiger partial charge in [-0.25, -0.2) is 0 Å². The Balaban J connectivity index is 1.40. The maximum atomic E-state index is 5.91. The topological polar surface area (TPSA) is 39.7 Å². The van der Waals surface area contributed by atoms with E-state index in [1.165, 1.54) is 5.56 Å². The van der Waals surface area contributed by atoms with E-state index >= 15 is 0 Å². The minimum Gasteiger partial charge on any atom is -0.491 e. The van der Waals surface area contributed by atoms with Gasteiger partial charge in [0.25, 0.3) is 0 Å². The number of ether oxygens (including phenoxy) is 3. The van der Waals surface area contributed by atoms with Gasteiger partial charge in [-0.1, -0.05) is 17.7 Å². The standard InChI is InChI=1S/C21H27NO3/c1-16-5-9-20(10-6-16)25-17(2)14-22-18-7-11-19(12-8-18)24-15-21-4-3-13-23-21/h5-12,17,21-22H,3-4,13-15H2,1-2H3/t17-,21+/m0/s1. The third-order valence-electron chi connectivity index (χ3n) is 4.27. The van der Waals surface area contributed by atoms with E-state index in [0.717, 1.165) is 43.2 Å². The van der Waals surface area contributed by atoms with Crippen LogP contribution in [0.5, 0.6) is 11.5 Å². The summed E-state index contributed by atoms with van der Waals surface area (Å²) < 4.78 is 17.3. The van der Waals surface area contributed by atoms with Crippen molar-refractivity contribution in [3.05, 3.63) is 54.1 Å². The summed E-state index contributed by atoms with van der Waals surface area (Å²) in [5.41, 5.74) is 2.30. The third-order valence-corrected chi connectivity index (χ3v) is 4.27. The molecule has 2 aromatic rings.